The molecule has 3 aromatic rings. The molecule has 0 aliphatic carbocycles. The highest BCUT2D eigenvalue weighted by molar-refractivity contribution is 6.07. The lowest BCUT2D eigenvalue weighted by Gasteiger charge is -2.39. The van der Waals surface area contributed by atoms with Gasteiger partial charge in [0.05, 0.1) is 18.7 Å². The lowest BCUT2D eigenvalue weighted by molar-refractivity contribution is 0.0261. The third-order valence-corrected chi connectivity index (χ3v) is 6.13. The van der Waals surface area contributed by atoms with Gasteiger partial charge in [-0.2, -0.15) is 5.26 Å². The van der Waals surface area contributed by atoms with Gasteiger partial charge in [0.2, 0.25) is 17.5 Å². The van der Waals surface area contributed by atoms with Crippen LogP contribution in [-0.4, -0.2) is 41.0 Å². The number of Topliss-reactive ketones (excluding diaryl/α,β-unsaturated/α-hetero) is 1. The first-order chi connectivity index (χ1) is 16.0. The maximum Gasteiger partial charge on any atom is 0.218 e. The molecule has 1 saturated heterocycles. The van der Waals surface area contributed by atoms with Crippen LogP contribution in [0.3, 0.4) is 0 Å². The molecular formula is C26H26N4O3. The van der Waals surface area contributed by atoms with E-state index >= 15 is 0 Å². The van der Waals surface area contributed by atoms with Crippen molar-refractivity contribution in [1.82, 2.24) is 15.3 Å². The van der Waals surface area contributed by atoms with Crippen molar-refractivity contribution >= 4 is 5.78 Å². The number of rotatable bonds is 6. The fraction of sp³-hybridized carbons (Fsp3) is 0.308. The average molecular weight is 443 g/mol. The quantitative estimate of drug-likeness (QED) is 0.574. The Morgan fingerprint density at radius 1 is 1.21 bits per heavy atom. The molecular weight excluding hydrogens is 416 g/mol. The summed E-state index contributed by atoms with van der Waals surface area (Å²) in [5.41, 5.74) is 2.09. The summed E-state index contributed by atoms with van der Waals surface area (Å²) in [6.07, 6.45) is 4.54. The van der Waals surface area contributed by atoms with Crippen LogP contribution in [0.5, 0.6) is 11.8 Å². The Bertz CT molecular complexity index is 1190. The molecule has 1 aliphatic rings. The van der Waals surface area contributed by atoms with Gasteiger partial charge in [-0.25, -0.2) is 9.97 Å². The molecule has 7 heteroatoms. The van der Waals surface area contributed by atoms with Gasteiger partial charge in [-0.1, -0.05) is 24.3 Å². The second-order valence-electron chi connectivity index (χ2n) is 8.28. The summed E-state index contributed by atoms with van der Waals surface area (Å²) >= 11 is 0. The van der Waals surface area contributed by atoms with Crippen LogP contribution in [0.15, 0.2) is 54.9 Å². The molecule has 0 radical (unpaired) electrons. The molecule has 1 fully saturated rings. The Morgan fingerprint density at radius 3 is 2.70 bits per heavy atom. The SMILES string of the molecule is COc1ccc(-c2ccccc2C(=O)[C@@]2(Oc3nccc(C#N)c3C)CC[C@@H](C)NC2)cn1. The summed E-state index contributed by atoms with van der Waals surface area (Å²) in [5, 5.41) is 12.8. The summed E-state index contributed by atoms with van der Waals surface area (Å²) in [5.74, 6) is 0.686. The fourth-order valence-corrected chi connectivity index (χ4v) is 4.07. The van der Waals surface area contributed by atoms with Crippen LogP contribution in [0.4, 0.5) is 0 Å². The lowest BCUT2D eigenvalue weighted by atomic mass is 9.81. The molecule has 7 nitrogen and oxygen atoms in total. The zero-order valence-electron chi connectivity index (χ0n) is 19.0. The molecule has 3 heterocycles. The number of aromatic nitrogens is 2. The number of hydrogen-bond acceptors (Lipinski definition) is 7. The highest BCUT2D eigenvalue weighted by atomic mass is 16.5. The predicted octanol–water partition coefficient (Wildman–Crippen LogP) is 4.10. The van der Waals surface area contributed by atoms with E-state index in [1.54, 1.807) is 32.4 Å². The van der Waals surface area contributed by atoms with E-state index in [9.17, 15) is 10.1 Å². The molecule has 168 valence electrons. The third-order valence-electron chi connectivity index (χ3n) is 6.13. The number of carbonyl (C=O) groups excluding carboxylic acids is 1. The van der Waals surface area contributed by atoms with Gasteiger partial charge in [0.1, 0.15) is 0 Å². The minimum Gasteiger partial charge on any atom is -0.481 e. The third kappa shape index (κ3) is 4.43. The zero-order valence-corrected chi connectivity index (χ0v) is 19.0. The van der Waals surface area contributed by atoms with Gasteiger partial charge < -0.3 is 14.8 Å². The van der Waals surface area contributed by atoms with Gasteiger partial charge in [-0.05, 0) is 44.4 Å². The minimum atomic E-state index is -1.14. The first kappa shape index (κ1) is 22.4. The number of pyridine rings is 2. The maximum absolute atomic E-state index is 14.1. The number of methoxy groups -OCH3 is 1. The lowest BCUT2D eigenvalue weighted by Crippen LogP contribution is -2.58. The molecule has 0 bridgehead atoms. The van der Waals surface area contributed by atoms with Crippen LogP contribution in [0.25, 0.3) is 11.1 Å². The van der Waals surface area contributed by atoms with Crippen molar-refractivity contribution in [3.05, 3.63) is 71.5 Å². The molecule has 2 aromatic heterocycles. The van der Waals surface area contributed by atoms with Crippen LogP contribution in [0.1, 0.15) is 41.3 Å². The van der Waals surface area contributed by atoms with E-state index in [0.717, 1.165) is 17.5 Å². The van der Waals surface area contributed by atoms with Gasteiger partial charge in [-0.3, -0.25) is 4.79 Å². The Hall–Kier alpha value is -3.76. The molecule has 2 atom stereocenters. The van der Waals surface area contributed by atoms with E-state index in [2.05, 4.69) is 28.3 Å². The second-order valence-corrected chi connectivity index (χ2v) is 8.28. The summed E-state index contributed by atoms with van der Waals surface area (Å²) in [6, 6.07) is 15.2. The number of ether oxygens (including phenoxy) is 2. The topological polar surface area (TPSA) is 97.1 Å². The smallest absolute Gasteiger partial charge is 0.218 e. The summed E-state index contributed by atoms with van der Waals surface area (Å²) in [4.78, 5) is 22.8. The zero-order chi connectivity index (χ0) is 23.4. The number of nitriles is 1. The van der Waals surface area contributed by atoms with E-state index in [0.29, 0.717) is 41.4 Å². The van der Waals surface area contributed by atoms with Crippen molar-refractivity contribution in [3.63, 3.8) is 0 Å². The van der Waals surface area contributed by atoms with E-state index in [1.807, 2.05) is 30.3 Å². The maximum atomic E-state index is 14.1. The molecule has 1 N–H and O–H groups in total. The molecule has 0 amide bonds. The molecule has 1 aromatic carbocycles. The monoisotopic (exact) mass is 442 g/mol. The minimum absolute atomic E-state index is 0.128. The van der Waals surface area contributed by atoms with E-state index in [-0.39, 0.29) is 11.8 Å². The number of hydrogen-bond donors (Lipinski definition) is 1. The largest absolute Gasteiger partial charge is 0.481 e. The van der Waals surface area contributed by atoms with E-state index < -0.39 is 5.60 Å². The summed E-state index contributed by atoms with van der Waals surface area (Å²) in [6.45, 7) is 4.22. The van der Waals surface area contributed by atoms with Gasteiger partial charge in [0, 0.05) is 47.7 Å². The molecule has 0 saturated carbocycles. The first-order valence-corrected chi connectivity index (χ1v) is 10.9. The van der Waals surface area contributed by atoms with Crippen molar-refractivity contribution in [1.29, 1.82) is 5.26 Å². The first-order valence-electron chi connectivity index (χ1n) is 10.9. The van der Waals surface area contributed by atoms with Gasteiger partial charge in [0.25, 0.3) is 0 Å². The Morgan fingerprint density at radius 2 is 2.03 bits per heavy atom. The summed E-state index contributed by atoms with van der Waals surface area (Å²) in [7, 11) is 1.56. The number of benzene rings is 1. The predicted molar refractivity (Wildman–Crippen MR) is 124 cm³/mol. The number of ketones is 1. The molecule has 0 spiro atoms. The molecule has 4 rings (SSSR count). The van der Waals surface area contributed by atoms with Crippen molar-refractivity contribution in [2.24, 2.45) is 0 Å². The number of nitrogens with one attached hydrogen (secondary N) is 1. The Balaban J connectivity index is 1.77. The highest BCUT2D eigenvalue weighted by Gasteiger charge is 2.45. The second kappa shape index (κ2) is 9.39. The van der Waals surface area contributed by atoms with Crippen LogP contribution >= 0.6 is 0 Å². The van der Waals surface area contributed by atoms with Gasteiger partial charge in [0.15, 0.2) is 5.60 Å². The van der Waals surface area contributed by atoms with Crippen molar-refractivity contribution in [3.8, 4) is 29.0 Å². The van der Waals surface area contributed by atoms with Crippen LogP contribution in [0.2, 0.25) is 0 Å². The molecule has 1 aliphatic heterocycles. The van der Waals surface area contributed by atoms with E-state index in [4.69, 9.17) is 9.47 Å². The van der Waals surface area contributed by atoms with Crippen molar-refractivity contribution < 1.29 is 14.3 Å². The number of nitrogens with zero attached hydrogens (tertiary/aromatic N) is 3. The fourth-order valence-electron chi connectivity index (χ4n) is 4.07. The van der Waals surface area contributed by atoms with Crippen molar-refractivity contribution in [2.75, 3.05) is 13.7 Å². The van der Waals surface area contributed by atoms with Crippen LogP contribution < -0.4 is 14.8 Å². The van der Waals surface area contributed by atoms with Gasteiger partial charge >= 0.3 is 0 Å². The standard InChI is InChI=1S/C26H26N4O3/c1-17-10-12-26(16-30-17,33-25-18(2)19(14-27)11-13-28-25)24(31)22-7-5-4-6-21(22)20-8-9-23(32-3)29-15-20/h4-9,11,13,15,17,30H,10,12,16H2,1-3H3/t17-,26-/m1/s1. The number of piperidine rings is 1. The number of carbonyl (C=O) groups is 1. The van der Waals surface area contributed by atoms with Gasteiger partial charge in [-0.15, -0.1) is 0 Å². The Labute approximate surface area is 193 Å². The van der Waals surface area contributed by atoms with Crippen LogP contribution in [-0.2, 0) is 0 Å². The van der Waals surface area contributed by atoms with E-state index in [1.165, 1.54) is 6.20 Å². The van der Waals surface area contributed by atoms with Crippen molar-refractivity contribution in [2.45, 2.75) is 38.3 Å². The van der Waals surface area contributed by atoms with Crippen LogP contribution in [0, 0.1) is 18.3 Å². The highest BCUT2D eigenvalue weighted by Crippen LogP contribution is 2.34. The molecule has 33 heavy (non-hydrogen) atoms. The normalized spacial score (nSPS) is 20.0. The summed E-state index contributed by atoms with van der Waals surface area (Å²) < 4.78 is 11.6. The Kier molecular flexibility index (Phi) is 6.38. The molecule has 0 unspecified atom stereocenters. The average Bonchev–Trinajstić information content (AvgIpc) is 2.86.